The van der Waals surface area contributed by atoms with Crippen LogP contribution in [0, 0.1) is 6.92 Å². The molecule has 0 spiro atoms. The normalized spacial score (nSPS) is 10.3. The van der Waals surface area contributed by atoms with Crippen LogP contribution >= 0.6 is 0 Å². The second kappa shape index (κ2) is 4.87. The molecule has 0 saturated carbocycles. The molecule has 2 aromatic heterocycles. The van der Waals surface area contributed by atoms with Gasteiger partial charge in [-0.3, -0.25) is 9.67 Å². The van der Waals surface area contributed by atoms with E-state index in [4.69, 9.17) is 5.73 Å². The largest absolute Gasteiger partial charge is 0.465 e. The second-order valence-electron chi connectivity index (χ2n) is 3.92. The number of methoxy groups -OCH3 is 1. The molecule has 2 heterocycles. The van der Waals surface area contributed by atoms with Gasteiger partial charge in [0.2, 0.25) is 0 Å². The average molecular weight is 246 g/mol. The lowest BCUT2D eigenvalue weighted by Crippen LogP contribution is -2.06. The Morgan fingerprint density at radius 3 is 2.78 bits per heavy atom. The van der Waals surface area contributed by atoms with Crippen LogP contribution in [0.15, 0.2) is 24.5 Å². The number of nitrogen functional groups attached to an aromatic ring is 1. The van der Waals surface area contributed by atoms with Crippen LogP contribution in [0.1, 0.15) is 21.6 Å². The van der Waals surface area contributed by atoms with Gasteiger partial charge >= 0.3 is 5.97 Å². The number of carbonyl (C=O) groups is 1. The van der Waals surface area contributed by atoms with Crippen LogP contribution in [0.2, 0.25) is 0 Å². The van der Waals surface area contributed by atoms with E-state index in [1.54, 1.807) is 16.8 Å². The molecule has 94 valence electrons. The molecule has 6 heteroatoms. The van der Waals surface area contributed by atoms with E-state index in [9.17, 15) is 4.79 Å². The Bertz CT molecular complexity index is 540. The number of hydrogen-bond acceptors (Lipinski definition) is 5. The van der Waals surface area contributed by atoms with E-state index in [2.05, 4.69) is 14.8 Å². The molecule has 0 bridgehead atoms. The number of hydrogen-bond donors (Lipinski definition) is 1. The maximum atomic E-state index is 11.2. The maximum Gasteiger partial charge on any atom is 0.339 e. The van der Waals surface area contributed by atoms with Gasteiger partial charge in [-0.2, -0.15) is 5.10 Å². The molecule has 0 unspecified atom stereocenters. The number of nitrogens with zero attached hydrogens (tertiary/aromatic N) is 3. The van der Waals surface area contributed by atoms with Crippen LogP contribution in [-0.2, 0) is 11.3 Å². The third-order valence-electron chi connectivity index (χ3n) is 2.55. The van der Waals surface area contributed by atoms with Gasteiger partial charge in [0, 0.05) is 18.0 Å². The predicted molar refractivity (Wildman–Crippen MR) is 66.1 cm³/mol. The summed E-state index contributed by atoms with van der Waals surface area (Å²) in [5, 5.41) is 4.14. The van der Waals surface area contributed by atoms with Crippen molar-refractivity contribution in [2.24, 2.45) is 0 Å². The van der Waals surface area contributed by atoms with E-state index < -0.39 is 5.97 Å². The number of aromatic nitrogens is 3. The van der Waals surface area contributed by atoms with Crippen molar-refractivity contribution in [3.8, 4) is 0 Å². The van der Waals surface area contributed by atoms with Gasteiger partial charge in [-0.25, -0.2) is 4.79 Å². The topological polar surface area (TPSA) is 83.0 Å². The second-order valence-corrected chi connectivity index (χ2v) is 3.92. The SMILES string of the molecule is COC(=O)c1ccc(Cn2cc(C)c(N)n2)nc1. The Kier molecular flexibility index (Phi) is 3.27. The molecule has 0 aliphatic heterocycles. The monoisotopic (exact) mass is 246 g/mol. The fourth-order valence-corrected chi connectivity index (χ4v) is 1.54. The summed E-state index contributed by atoms with van der Waals surface area (Å²) in [4.78, 5) is 15.4. The van der Waals surface area contributed by atoms with Crippen molar-refractivity contribution >= 4 is 11.8 Å². The van der Waals surface area contributed by atoms with Crippen molar-refractivity contribution in [3.05, 3.63) is 41.3 Å². The summed E-state index contributed by atoms with van der Waals surface area (Å²) in [6.07, 6.45) is 3.34. The summed E-state index contributed by atoms with van der Waals surface area (Å²) in [5.41, 5.74) is 7.82. The third-order valence-corrected chi connectivity index (χ3v) is 2.55. The molecule has 2 N–H and O–H groups in total. The number of pyridine rings is 1. The van der Waals surface area contributed by atoms with Crippen molar-refractivity contribution in [3.63, 3.8) is 0 Å². The quantitative estimate of drug-likeness (QED) is 0.817. The fraction of sp³-hybridized carbons (Fsp3) is 0.250. The Labute approximate surface area is 104 Å². The highest BCUT2D eigenvalue weighted by atomic mass is 16.5. The highest BCUT2D eigenvalue weighted by Gasteiger charge is 2.06. The number of aryl methyl sites for hydroxylation is 1. The van der Waals surface area contributed by atoms with E-state index in [0.29, 0.717) is 17.9 Å². The summed E-state index contributed by atoms with van der Waals surface area (Å²) in [6, 6.07) is 3.44. The maximum absolute atomic E-state index is 11.2. The minimum atomic E-state index is -0.395. The van der Waals surface area contributed by atoms with E-state index in [-0.39, 0.29) is 0 Å². The summed E-state index contributed by atoms with van der Waals surface area (Å²) in [5.74, 6) is 0.120. The fourth-order valence-electron chi connectivity index (χ4n) is 1.54. The zero-order valence-corrected chi connectivity index (χ0v) is 10.3. The van der Waals surface area contributed by atoms with Crippen LogP contribution in [0.5, 0.6) is 0 Å². The first-order valence-corrected chi connectivity index (χ1v) is 5.43. The molecule has 0 saturated heterocycles. The number of carbonyl (C=O) groups excluding carboxylic acids is 1. The lowest BCUT2D eigenvalue weighted by atomic mass is 10.2. The smallest absolute Gasteiger partial charge is 0.339 e. The van der Waals surface area contributed by atoms with Crippen molar-refractivity contribution in [1.82, 2.24) is 14.8 Å². The molecule has 0 radical (unpaired) electrons. The Hall–Kier alpha value is -2.37. The zero-order chi connectivity index (χ0) is 13.1. The molecule has 0 aliphatic rings. The lowest BCUT2D eigenvalue weighted by Gasteiger charge is -2.02. The Morgan fingerprint density at radius 2 is 2.28 bits per heavy atom. The molecular weight excluding hydrogens is 232 g/mol. The van der Waals surface area contributed by atoms with Crippen LogP contribution in [0.25, 0.3) is 0 Å². The van der Waals surface area contributed by atoms with Gasteiger partial charge in [0.15, 0.2) is 0 Å². The van der Waals surface area contributed by atoms with Gasteiger partial charge in [0.05, 0.1) is 24.9 Å². The van der Waals surface area contributed by atoms with E-state index in [1.165, 1.54) is 13.3 Å². The van der Waals surface area contributed by atoms with Crippen molar-refractivity contribution < 1.29 is 9.53 Å². The van der Waals surface area contributed by atoms with Gasteiger partial charge in [-0.05, 0) is 19.1 Å². The molecule has 2 aromatic rings. The van der Waals surface area contributed by atoms with Gasteiger partial charge in [0.25, 0.3) is 0 Å². The Balaban J connectivity index is 2.13. The molecule has 0 aliphatic carbocycles. The molecule has 0 fully saturated rings. The molecule has 6 nitrogen and oxygen atoms in total. The summed E-state index contributed by atoms with van der Waals surface area (Å²) < 4.78 is 6.31. The van der Waals surface area contributed by atoms with Crippen LogP contribution < -0.4 is 5.73 Å². The standard InChI is InChI=1S/C12H14N4O2/c1-8-6-16(15-11(8)13)7-10-4-3-9(5-14-10)12(17)18-2/h3-6H,7H2,1-2H3,(H2,13,15). The van der Waals surface area contributed by atoms with E-state index in [1.807, 2.05) is 13.1 Å². The molecule has 0 atom stereocenters. The molecule has 2 rings (SSSR count). The predicted octanol–water partition coefficient (Wildman–Crippen LogP) is 1.00. The summed E-state index contributed by atoms with van der Waals surface area (Å²) in [6.45, 7) is 2.41. The van der Waals surface area contributed by atoms with Crippen LogP contribution in [-0.4, -0.2) is 27.8 Å². The van der Waals surface area contributed by atoms with E-state index >= 15 is 0 Å². The van der Waals surface area contributed by atoms with E-state index in [0.717, 1.165) is 11.3 Å². The van der Waals surface area contributed by atoms with Crippen molar-refractivity contribution in [2.75, 3.05) is 12.8 Å². The average Bonchev–Trinajstić information content (AvgIpc) is 2.68. The number of esters is 1. The molecular formula is C12H14N4O2. The van der Waals surface area contributed by atoms with Gasteiger partial charge in [-0.1, -0.05) is 0 Å². The first-order valence-electron chi connectivity index (χ1n) is 5.43. The first kappa shape index (κ1) is 12.1. The summed E-state index contributed by atoms with van der Waals surface area (Å²) in [7, 11) is 1.34. The first-order chi connectivity index (χ1) is 8.60. The number of ether oxygens (including phenoxy) is 1. The van der Waals surface area contributed by atoms with Crippen molar-refractivity contribution in [2.45, 2.75) is 13.5 Å². The summed E-state index contributed by atoms with van der Waals surface area (Å²) >= 11 is 0. The van der Waals surface area contributed by atoms with Gasteiger partial charge < -0.3 is 10.5 Å². The zero-order valence-electron chi connectivity index (χ0n) is 10.3. The molecule has 0 amide bonds. The van der Waals surface area contributed by atoms with Gasteiger partial charge in [-0.15, -0.1) is 0 Å². The van der Waals surface area contributed by atoms with Crippen molar-refractivity contribution in [1.29, 1.82) is 0 Å². The minimum absolute atomic E-state index is 0.395. The number of rotatable bonds is 3. The van der Waals surface area contributed by atoms with Gasteiger partial charge in [0.1, 0.15) is 5.82 Å². The van der Waals surface area contributed by atoms with Crippen LogP contribution in [0.4, 0.5) is 5.82 Å². The number of anilines is 1. The lowest BCUT2D eigenvalue weighted by molar-refractivity contribution is 0.0600. The Morgan fingerprint density at radius 1 is 1.50 bits per heavy atom. The molecule has 18 heavy (non-hydrogen) atoms. The third kappa shape index (κ3) is 2.48. The highest BCUT2D eigenvalue weighted by Crippen LogP contribution is 2.08. The number of nitrogens with two attached hydrogens (primary N) is 1. The minimum Gasteiger partial charge on any atom is -0.465 e. The van der Waals surface area contributed by atoms with Crippen LogP contribution in [0.3, 0.4) is 0 Å². The molecule has 0 aromatic carbocycles. The highest BCUT2D eigenvalue weighted by molar-refractivity contribution is 5.88.